The molecule has 11 rings (SSSR count). The molecule has 14 nitrogen and oxygen atoms in total. The monoisotopic (exact) mass is 1220 g/mol. The molecule has 446 valence electrons. The predicted octanol–water partition coefficient (Wildman–Crippen LogP) is 17.5. The lowest BCUT2D eigenvalue weighted by Gasteiger charge is -2.18. The van der Waals surface area contributed by atoms with Gasteiger partial charge in [-0.2, -0.15) is 0 Å². The Hall–Kier alpha value is -7.65. The van der Waals surface area contributed by atoms with E-state index < -0.39 is 34.4 Å². The van der Waals surface area contributed by atoms with E-state index in [1.807, 2.05) is 103 Å². The molecule has 0 aliphatic carbocycles. The first-order valence-electron chi connectivity index (χ1n) is 27.9. The van der Waals surface area contributed by atoms with Crippen LogP contribution in [0.4, 0.5) is 18.9 Å². The van der Waals surface area contributed by atoms with E-state index in [1.165, 1.54) is 36.4 Å². The third kappa shape index (κ3) is 14.9. The fraction of sp³-hybridized carbons (Fsp3) is 0.197. The minimum absolute atomic E-state index is 0.210. The molecular weight excluding hydrogens is 1160 g/mol. The van der Waals surface area contributed by atoms with Gasteiger partial charge in [0, 0.05) is 76.6 Å². The van der Waals surface area contributed by atoms with Crippen LogP contribution in [0.15, 0.2) is 188 Å². The first kappa shape index (κ1) is 62.9. The number of carbonyl (C=O) groups is 1. The van der Waals surface area contributed by atoms with Crippen LogP contribution >= 0.6 is 22.8 Å². The summed E-state index contributed by atoms with van der Waals surface area (Å²) in [7, 11) is -7.56. The Morgan fingerprint density at radius 3 is 1.44 bits per heavy atom. The lowest BCUT2D eigenvalue weighted by atomic mass is 10.0. The zero-order valence-corrected chi connectivity index (χ0v) is 50.9. The molecule has 0 aliphatic rings. The topological polar surface area (TPSA) is 183 Å². The Labute approximate surface area is 496 Å². The van der Waals surface area contributed by atoms with Gasteiger partial charge < -0.3 is 47.3 Å². The van der Waals surface area contributed by atoms with Gasteiger partial charge in [-0.1, -0.05) is 84.9 Å². The number of carbonyl (C=O) groups excluding carboxylic acids is 1. The number of nitrogens with one attached hydrogen (secondary N) is 2. The van der Waals surface area contributed by atoms with Gasteiger partial charge >= 0.3 is 22.8 Å². The second-order valence-electron chi connectivity index (χ2n) is 20.3. The van der Waals surface area contributed by atoms with E-state index in [-0.39, 0.29) is 35.3 Å². The van der Waals surface area contributed by atoms with Crippen molar-refractivity contribution in [3.63, 3.8) is 0 Å². The van der Waals surface area contributed by atoms with Crippen molar-refractivity contribution < 1.29 is 59.5 Å². The number of fused-ring (bicyclic) bond motifs is 4. The lowest BCUT2D eigenvalue weighted by molar-refractivity contribution is -0.116. The summed E-state index contributed by atoms with van der Waals surface area (Å²) < 4.78 is 103. The lowest BCUT2D eigenvalue weighted by Crippen LogP contribution is -2.21. The summed E-state index contributed by atoms with van der Waals surface area (Å²) in [4.78, 5) is 36.9. The van der Waals surface area contributed by atoms with Crippen LogP contribution in [0.5, 0.6) is 0 Å². The highest BCUT2D eigenvalue weighted by Gasteiger charge is 2.39. The summed E-state index contributed by atoms with van der Waals surface area (Å²) >= 11 is 0. The average Bonchev–Trinajstić information content (AvgIpc) is 3.18. The standard InChI is InChI=1S/C27H22FN2O4P.C20H23FNO3P.C19H21FNO3P/c1-30-16-24(23-15-20(9-13-25(23)30)18-6-10-21(28)11-7-18)26(35(32,33)34)27(31)29-22-12-8-17-4-2-3-5-19(17)14-22;1-4-24-26(23,25-5-2)14-17-13-22(3)20-11-8-16(12-19(17)20)15-6-9-18(21)10-7-15;1-3-23-25(22,24-4-2)13-16-12-21-19-10-7-15(11-18(16)19)14-5-8-17(20)9-6-14/h2-16,26H,1H3,(H,29,31)(H2,32,33,34);6-13H,4-5,14H2,1-3H3;5-12,21H,3-4,13H2,1-2H3. The number of aromatic nitrogens is 3. The summed E-state index contributed by atoms with van der Waals surface area (Å²) in [6, 6.07) is 49.1. The second-order valence-corrected chi connectivity index (χ2v) is 26.1. The van der Waals surface area contributed by atoms with E-state index in [9.17, 15) is 41.4 Å². The summed E-state index contributed by atoms with van der Waals surface area (Å²) in [6.07, 6.45) is 5.80. The predicted molar refractivity (Wildman–Crippen MR) is 337 cm³/mol. The van der Waals surface area contributed by atoms with Crippen molar-refractivity contribution in [2.24, 2.45) is 14.1 Å². The van der Waals surface area contributed by atoms with Crippen molar-refractivity contribution >= 4 is 77.9 Å². The maximum atomic E-state index is 13.4. The summed E-state index contributed by atoms with van der Waals surface area (Å²) in [6.45, 7) is 8.55. The quantitative estimate of drug-likeness (QED) is 0.0568. The first-order chi connectivity index (χ1) is 41.2. The number of hydrogen-bond acceptors (Lipinski definition) is 8. The Bertz CT molecular complexity index is 4310. The van der Waals surface area contributed by atoms with Crippen molar-refractivity contribution in [1.82, 2.24) is 14.1 Å². The van der Waals surface area contributed by atoms with Crippen molar-refractivity contribution in [2.75, 3.05) is 31.7 Å². The number of H-pyrrole nitrogens is 1. The highest BCUT2D eigenvalue weighted by atomic mass is 31.2. The van der Waals surface area contributed by atoms with Crippen LogP contribution in [-0.2, 0) is 63.0 Å². The number of hydrogen-bond donors (Lipinski definition) is 4. The van der Waals surface area contributed by atoms with Gasteiger partial charge in [0.25, 0.3) is 0 Å². The van der Waals surface area contributed by atoms with Gasteiger partial charge in [-0.3, -0.25) is 18.5 Å². The SMILES string of the molecule is CCOP(=O)(Cc1c[nH]c2ccc(-c3ccc(F)cc3)cc12)OCC.CCOP(=O)(Cc1cn(C)c2ccc(-c3ccc(F)cc3)cc12)OCC.Cn1cc(C(C(=O)Nc2ccc3ccccc3c2)P(=O)(O)O)c2cc(-c3ccc(F)cc3)ccc21. The molecule has 0 spiro atoms. The number of anilines is 1. The van der Waals surface area contributed by atoms with Crippen molar-refractivity contribution in [1.29, 1.82) is 0 Å². The zero-order valence-electron chi connectivity index (χ0n) is 48.2. The van der Waals surface area contributed by atoms with Gasteiger partial charge in [0.15, 0.2) is 5.66 Å². The molecule has 0 saturated carbocycles. The number of benzene rings is 8. The number of aromatic amines is 1. The highest BCUT2D eigenvalue weighted by Crippen LogP contribution is 2.55. The molecule has 0 aliphatic heterocycles. The Morgan fingerprint density at radius 2 is 0.942 bits per heavy atom. The van der Waals surface area contributed by atoms with Crippen molar-refractivity contribution in [2.45, 2.75) is 45.7 Å². The van der Waals surface area contributed by atoms with E-state index in [4.69, 9.17) is 18.1 Å². The van der Waals surface area contributed by atoms with E-state index in [0.717, 1.165) is 77.1 Å². The molecule has 3 heterocycles. The fourth-order valence-electron chi connectivity index (χ4n) is 10.4. The van der Waals surface area contributed by atoms with Crippen LogP contribution in [0.3, 0.4) is 0 Å². The molecule has 86 heavy (non-hydrogen) atoms. The molecular formula is C66H66F3N4O10P3. The van der Waals surface area contributed by atoms with Crippen molar-refractivity contribution in [3.05, 3.63) is 223 Å². The van der Waals surface area contributed by atoms with E-state index in [2.05, 4.69) is 10.3 Å². The molecule has 0 bridgehead atoms. The minimum atomic E-state index is -4.90. The molecule has 0 fully saturated rings. The summed E-state index contributed by atoms with van der Waals surface area (Å²) in [5.41, 5.74) is 8.73. The zero-order chi connectivity index (χ0) is 61.3. The van der Waals surface area contributed by atoms with Crippen LogP contribution < -0.4 is 5.32 Å². The Kier molecular flexibility index (Phi) is 20.0. The van der Waals surface area contributed by atoms with Crippen LogP contribution in [-0.4, -0.2) is 56.2 Å². The molecule has 0 saturated heterocycles. The summed E-state index contributed by atoms with van der Waals surface area (Å²) in [5, 5.41) is 7.06. The van der Waals surface area contributed by atoms with E-state index >= 15 is 0 Å². The number of aryl methyl sites for hydroxylation is 2. The van der Waals surface area contributed by atoms with Gasteiger partial charge in [-0.25, -0.2) is 13.2 Å². The number of rotatable bonds is 19. The molecule has 11 aromatic rings. The van der Waals surface area contributed by atoms with Crippen molar-refractivity contribution in [3.8, 4) is 33.4 Å². The largest absolute Gasteiger partial charge is 0.361 e. The molecule has 1 unspecified atom stereocenters. The normalized spacial score (nSPS) is 12.3. The van der Waals surface area contributed by atoms with Gasteiger partial charge in [-0.15, -0.1) is 0 Å². The molecule has 8 aromatic carbocycles. The number of nitrogens with zero attached hydrogens (tertiary/aromatic N) is 2. The Morgan fingerprint density at radius 1 is 0.512 bits per heavy atom. The molecule has 20 heteroatoms. The fourth-order valence-corrected chi connectivity index (χ4v) is 14.8. The number of amides is 1. The van der Waals surface area contributed by atoms with Gasteiger partial charge in [-0.05, 0) is 168 Å². The Balaban J connectivity index is 0.000000157. The third-order valence-electron chi connectivity index (χ3n) is 14.3. The molecule has 1 amide bonds. The molecule has 4 N–H and O–H groups in total. The molecule has 3 aromatic heterocycles. The smallest absolute Gasteiger partial charge is 0.342 e. The maximum Gasteiger partial charge on any atom is 0.342 e. The van der Waals surface area contributed by atoms with Gasteiger partial charge in [0.2, 0.25) is 5.91 Å². The highest BCUT2D eigenvalue weighted by molar-refractivity contribution is 7.53. The number of halogens is 3. The summed E-state index contributed by atoms with van der Waals surface area (Å²) in [5.74, 6) is -1.68. The van der Waals surface area contributed by atoms with Crippen LogP contribution in [0, 0.1) is 17.5 Å². The van der Waals surface area contributed by atoms with Gasteiger partial charge in [0.1, 0.15) is 17.5 Å². The van der Waals surface area contributed by atoms with Crippen LogP contribution in [0.1, 0.15) is 50.0 Å². The average molecular weight is 1230 g/mol. The minimum Gasteiger partial charge on any atom is -0.361 e. The van der Waals surface area contributed by atoms with Crippen LogP contribution in [0.2, 0.25) is 0 Å². The third-order valence-corrected chi connectivity index (χ3v) is 19.6. The molecule has 0 radical (unpaired) electrons. The van der Waals surface area contributed by atoms with E-state index in [1.54, 1.807) is 100 Å². The molecule has 1 atom stereocenters. The van der Waals surface area contributed by atoms with E-state index in [0.29, 0.717) is 43.0 Å². The van der Waals surface area contributed by atoms with Crippen LogP contribution in [0.25, 0.3) is 76.9 Å². The first-order valence-corrected chi connectivity index (χ1v) is 33.0. The van der Waals surface area contributed by atoms with Gasteiger partial charge in [0.05, 0.1) is 38.8 Å². The maximum absolute atomic E-state index is 13.4. The second kappa shape index (κ2) is 27.4.